The van der Waals surface area contributed by atoms with E-state index in [-0.39, 0.29) is 11.7 Å². The molecule has 0 saturated carbocycles. The number of nitrogens with one attached hydrogen (secondary N) is 1. The predicted molar refractivity (Wildman–Crippen MR) is 93.8 cm³/mol. The van der Waals surface area contributed by atoms with Gasteiger partial charge in [-0.2, -0.15) is 0 Å². The highest BCUT2D eigenvalue weighted by Gasteiger charge is 2.28. The van der Waals surface area contributed by atoms with Crippen LogP contribution in [0.2, 0.25) is 0 Å². The largest absolute Gasteiger partial charge is 0.497 e. The fourth-order valence-electron chi connectivity index (χ4n) is 2.67. The van der Waals surface area contributed by atoms with Crippen LogP contribution in [0.4, 0.5) is 5.69 Å². The summed E-state index contributed by atoms with van der Waals surface area (Å²) < 4.78 is 32.2. The minimum absolute atomic E-state index is 0.221. The van der Waals surface area contributed by atoms with E-state index >= 15 is 0 Å². The van der Waals surface area contributed by atoms with Crippen LogP contribution < -0.4 is 9.46 Å². The molecular formula is C16H23N3O5S. The lowest BCUT2D eigenvalue weighted by Gasteiger charge is -2.34. The maximum absolute atomic E-state index is 12.4. The molecule has 0 radical (unpaired) electrons. The average molecular weight is 369 g/mol. The number of nitrogens with zero attached hydrogens (tertiary/aromatic N) is 2. The number of benzene rings is 1. The van der Waals surface area contributed by atoms with Gasteiger partial charge in [0, 0.05) is 32.2 Å². The number of rotatable bonds is 7. The first kappa shape index (κ1) is 19.0. The third-order valence-corrected chi connectivity index (χ3v) is 5.49. The average Bonchev–Trinajstić information content (AvgIpc) is 2.60. The number of sulfonamides is 1. The van der Waals surface area contributed by atoms with E-state index in [1.165, 1.54) is 7.11 Å². The van der Waals surface area contributed by atoms with Crippen LogP contribution in [0.15, 0.2) is 24.3 Å². The summed E-state index contributed by atoms with van der Waals surface area (Å²) in [7, 11) is -2.18. The summed E-state index contributed by atoms with van der Waals surface area (Å²) in [6.07, 6.45) is 0.758. The van der Waals surface area contributed by atoms with Crippen molar-refractivity contribution in [1.29, 1.82) is 0 Å². The molecular weight excluding hydrogens is 346 g/mol. The first-order chi connectivity index (χ1) is 11.8. The van der Waals surface area contributed by atoms with Crippen molar-refractivity contribution >= 4 is 28.0 Å². The molecule has 25 heavy (non-hydrogen) atoms. The lowest BCUT2D eigenvalue weighted by Crippen LogP contribution is -2.50. The lowest BCUT2D eigenvalue weighted by molar-refractivity contribution is -0.137. The molecule has 1 unspecified atom stereocenters. The van der Waals surface area contributed by atoms with E-state index in [1.807, 2.05) is 0 Å². The summed E-state index contributed by atoms with van der Waals surface area (Å²) >= 11 is 0. The van der Waals surface area contributed by atoms with Crippen LogP contribution in [-0.4, -0.2) is 69.6 Å². The molecule has 2 amide bonds. The lowest BCUT2D eigenvalue weighted by atomic mass is 10.1. The number of piperazine rings is 1. The molecule has 1 heterocycles. The maximum Gasteiger partial charge on any atom is 0.233 e. The first-order valence-corrected chi connectivity index (χ1v) is 9.62. The van der Waals surface area contributed by atoms with Crippen molar-refractivity contribution in [1.82, 2.24) is 9.80 Å². The van der Waals surface area contributed by atoms with E-state index in [0.29, 0.717) is 37.6 Å². The van der Waals surface area contributed by atoms with E-state index in [0.717, 1.165) is 6.41 Å². The maximum atomic E-state index is 12.4. The topological polar surface area (TPSA) is 96.0 Å². The molecule has 1 fully saturated rings. The number of anilines is 1. The highest BCUT2D eigenvalue weighted by molar-refractivity contribution is 7.92. The number of hydrogen-bond donors (Lipinski definition) is 1. The molecule has 8 nitrogen and oxygen atoms in total. The van der Waals surface area contributed by atoms with Crippen LogP contribution in [0.25, 0.3) is 0 Å². The molecule has 1 aromatic rings. The van der Waals surface area contributed by atoms with Crippen LogP contribution >= 0.6 is 0 Å². The van der Waals surface area contributed by atoms with Gasteiger partial charge < -0.3 is 14.5 Å². The zero-order chi connectivity index (χ0) is 18.4. The fraction of sp³-hybridized carbons (Fsp3) is 0.500. The van der Waals surface area contributed by atoms with Gasteiger partial charge in [-0.25, -0.2) is 8.42 Å². The Bertz CT molecular complexity index is 714. The van der Waals surface area contributed by atoms with Crippen molar-refractivity contribution in [3.63, 3.8) is 0 Å². The van der Waals surface area contributed by atoms with Gasteiger partial charge in [-0.05, 0) is 12.1 Å². The Hall–Kier alpha value is -2.29. The van der Waals surface area contributed by atoms with Crippen molar-refractivity contribution in [3.8, 4) is 5.75 Å². The number of ether oxygens (including phenoxy) is 1. The van der Waals surface area contributed by atoms with E-state index in [4.69, 9.17) is 4.74 Å². The molecule has 9 heteroatoms. The van der Waals surface area contributed by atoms with Gasteiger partial charge in [0.25, 0.3) is 0 Å². The molecule has 0 aromatic heterocycles. The summed E-state index contributed by atoms with van der Waals surface area (Å²) in [6.45, 7) is 3.38. The van der Waals surface area contributed by atoms with Crippen molar-refractivity contribution in [2.45, 2.75) is 6.92 Å². The number of carbonyl (C=O) groups excluding carboxylic acids is 2. The first-order valence-electron chi connectivity index (χ1n) is 7.97. The van der Waals surface area contributed by atoms with Crippen molar-refractivity contribution < 1.29 is 22.7 Å². The summed E-state index contributed by atoms with van der Waals surface area (Å²) in [5, 5.41) is 0. The SMILES string of the molecule is COc1cccc(NS(=O)(=O)CC(C)C(=O)N2CCN(C=O)CC2)c1. The summed E-state index contributed by atoms with van der Waals surface area (Å²) in [6, 6.07) is 6.58. The standard InChI is InChI=1S/C16H23N3O5S/c1-13(16(21)19-8-6-18(12-20)7-9-19)11-25(22,23)17-14-4-3-5-15(10-14)24-2/h3-5,10,12-13,17H,6-9,11H2,1-2H3. The normalized spacial score (nSPS) is 16.2. The van der Waals surface area contributed by atoms with Crippen molar-refractivity contribution in [3.05, 3.63) is 24.3 Å². The Morgan fingerprint density at radius 1 is 1.32 bits per heavy atom. The smallest absolute Gasteiger partial charge is 0.233 e. The van der Waals surface area contributed by atoms with Crippen LogP contribution in [0.5, 0.6) is 5.75 Å². The monoisotopic (exact) mass is 369 g/mol. The van der Waals surface area contributed by atoms with Gasteiger partial charge in [0.1, 0.15) is 5.75 Å². The van der Waals surface area contributed by atoms with Gasteiger partial charge in [-0.1, -0.05) is 13.0 Å². The molecule has 0 aliphatic carbocycles. The number of amides is 2. The van der Waals surface area contributed by atoms with E-state index in [9.17, 15) is 18.0 Å². The van der Waals surface area contributed by atoms with Crippen LogP contribution in [0.3, 0.4) is 0 Å². The van der Waals surface area contributed by atoms with Gasteiger partial charge in [0.15, 0.2) is 0 Å². The van der Waals surface area contributed by atoms with Crippen LogP contribution in [0, 0.1) is 5.92 Å². The van der Waals surface area contributed by atoms with Gasteiger partial charge >= 0.3 is 0 Å². The summed E-state index contributed by atoms with van der Waals surface area (Å²) in [4.78, 5) is 26.3. The minimum Gasteiger partial charge on any atom is -0.497 e. The molecule has 2 rings (SSSR count). The fourth-order valence-corrected chi connectivity index (χ4v) is 4.04. The second-order valence-electron chi connectivity index (χ2n) is 5.98. The Morgan fingerprint density at radius 2 is 2.00 bits per heavy atom. The number of carbonyl (C=O) groups is 2. The van der Waals surface area contributed by atoms with Crippen LogP contribution in [0.1, 0.15) is 6.92 Å². The zero-order valence-corrected chi connectivity index (χ0v) is 15.2. The molecule has 1 aliphatic rings. The molecule has 1 saturated heterocycles. The van der Waals surface area contributed by atoms with E-state index in [2.05, 4.69) is 4.72 Å². The third kappa shape index (κ3) is 5.35. The highest BCUT2D eigenvalue weighted by atomic mass is 32.2. The Labute approximate surface area is 147 Å². The summed E-state index contributed by atoms with van der Waals surface area (Å²) in [5.41, 5.74) is 0.388. The van der Waals surface area contributed by atoms with Crippen molar-refractivity contribution in [2.75, 3.05) is 43.8 Å². The van der Waals surface area contributed by atoms with Gasteiger partial charge in [0.2, 0.25) is 22.3 Å². The Balaban J connectivity index is 1.94. The molecule has 1 atom stereocenters. The van der Waals surface area contributed by atoms with E-state index < -0.39 is 15.9 Å². The van der Waals surface area contributed by atoms with Crippen LogP contribution in [-0.2, 0) is 19.6 Å². The molecule has 1 N–H and O–H groups in total. The Morgan fingerprint density at radius 3 is 2.60 bits per heavy atom. The number of methoxy groups -OCH3 is 1. The van der Waals surface area contributed by atoms with Crippen molar-refractivity contribution in [2.24, 2.45) is 5.92 Å². The number of hydrogen-bond acceptors (Lipinski definition) is 5. The second-order valence-corrected chi connectivity index (χ2v) is 7.75. The molecule has 0 spiro atoms. The quantitative estimate of drug-likeness (QED) is 0.701. The third-order valence-electron chi connectivity index (χ3n) is 4.01. The zero-order valence-electron chi connectivity index (χ0n) is 14.3. The summed E-state index contributed by atoms with van der Waals surface area (Å²) in [5.74, 6) is -0.665. The molecule has 0 bridgehead atoms. The highest BCUT2D eigenvalue weighted by Crippen LogP contribution is 2.19. The van der Waals surface area contributed by atoms with Gasteiger partial charge in [-0.3, -0.25) is 14.3 Å². The van der Waals surface area contributed by atoms with Gasteiger partial charge in [0.05, 0.1) is 24.5 Å². The Kier molecular flexibility index (Phi) is 6.24. The molecule has 138 valence electrons. The molecule has 1 aliphatic heterocycles. The van der Waals surface area contributed by atoms with Gasteiger partial charge in [-0.15, -0.1) is 0 Å². The second kappa shape index (κ2) is 8.19. The minimum atomic E-state index is -3.68. The predicted octanol–water partition coefficient (Wildman–Crippen LogP) is 0.374. The van der Waals surface area contributed by atoms with E-state index in [1.54, 1.807) is 41.0 Å². The molecule has 1 aromatic carbocycles.